The van der Waals surface area contributed by atoms with E-state index in [0.717, 1.165) is 83.5 Å². The number of aliphatic imine (C=N–C) groups is 1. The van der Waals surface area contributed by atoms with Gasteiger partial charge in [0.05, 0.1) is 17.1 Å². The first kappa shape index (κ1) is 25.2. The van der Waals surface area contributed by atoms with Crippen LogP contribution in [0.25, 0.3) is 16.7 Å². The third-order valence-electron chi connectivity index (χ3n) is 8.71. The minimum atomic E-state index is -2.42. The molecule has 3 fully saturated rings. The van der Waals surface area contributed by atoms with Crippen LogP contribution < -0.4 is 5.32 Å². The summed E-state index contributed by atoms with van der Waals surface area (Å²) in [6.45, 7) is 12.2. The summed E-state index contributed by atoms with van der Waals surface area (Å²) in [5, 5.41) is 4.72. The summed E-state index contributed by atoms with van der Waals surface area (Å²) in [5.74, 6) is 1.41. The predicted octanol–water partition coefficient (Wildman–Crippen LogP) is 6.36. The van der Waals surface area contributed by atoms with Crippen LogP contribution in [0.4, 0.5) is 14.5 Å². The normalized spacial score (nSPS) is 21.9. The summed E-state index contributed by atoms with van der Waals surface area (Å²) in [6.07, 6.45) is 4.00. The minimum absolute atomic E-state index is 0.285. The number of alkyl halides is 2. The van der Waals surface area contributed by atoms with E-state index in [2.05, 4.69) is 38.5 Å². The molecule has 2 aliphatic heterocycles. The molecule has 3 aromatic rings. The standard InChI is InChI=1S/C31H37F2N5/c1-19-25(16-30(32)33)13-26(21(3)37-12-9-23-8-11-34-28(23)18-37)14-27(19)36-20(2)29-15-24-5-4-10-35-31(24)38(29)17-22-6-7-22/h4-5,10,13-15,22-23,28,30,34H,3,6-9,11-12,16-18H2,1-2H3/b36-20+. The second kappa shape index (κ2) is 10.3. The van der Waals surface area contributed by atoms with Crippen LogP contribution in [0.15, 0.2) is 48.1 Å². The van der Waals surface area contributed by atoms with Crippen LogP contribution in [0.1, 0.15) is 55.0 Å². The number of hydrogen-bond acceptors (Lipinski definition) is 4. The molecule has 5 nitrogen and oxygen atoms in total. The van der Waals surface area contributed by atoms with Crippen LogP contribution >= 0.6 is 0 Å². The molecule has 1 N–H and O–H groups in total. The SMILES string of the molecule is C=C(c1cc(CC(F)F)c(C)c(/N=C(\C)c2cc3cccnc3n2CC2CC2)c1)N1CCC2CCNC2C1. The lowest BCUT2D eigenvalue weighted by Gasteiger charge is -2.37. The van der Waals surface area contributed by atoms with Gasteiger partial charge >= 0.3 is 0 Å². The van der Waals surface area contributed by atoms with Crippen molar-refractivity contribution in [1.29, 1.82) is 0 Å². The molecular weight excluding hydrogens is 480 g/mol. The van der Waals surface area contributed by atoms with Crippen LogP contribution in [0.2, 0.25) is 0 Å². The Labute approximate surface area is 223 Å². The van der Waals surface area contributed by atoms with Gasteiger partial charge in [0.25, 0.3) is 0 Å². The Morgan fingerprint density at radius 3 is 2.84 bits per heavy atom. The number of pyridine rings is 1. The molecule has 1 aliphatic carbocycles. The molecule has 200 valence electrons. The van der Waals surface area contributed by atoms with Crippen molar-refractivity contribution in [3.8, 4) is 0 Å². The van der Waals surface area contributed by atoms with Gasteiger partial charge in [0, 0.05) is 49.4 Å². The van der Waals surface area contributed by atoms with Crippen molar-refractivity contribution in [2.75, 3.05) is 19.6 Å². The number of piperidine rings is 1. The third-order valence-corrected chi connectivity index (χ3v) is 8.71. The molecule has 2 aromatic heterocycles. The third kappa shape index (κ3) is 5.00. The highest BCUT2D eigenvalue weighted by Gasteiger charge is 2.33. The Morgan fingerprint density at radius 2 is 2.05 bits per heavy atom. The van der Waals surface area contributed by atoms with Gasteiger partial charge in [-0.25, -0.2) is 13.8 Å². The molecule has 2 atom stereocenters. The fourth-order valence-electron chi connectivity index (χ4n) is 6.25. The van der Waals surface area contributed by atoms with Crippen molar-refractivity contribution >= 4 is 28.1 Å². The smallest absolute Gasteiger partial charge is 0.242 e. The van der Waals surface area contributed by atoms with E-state index in [-0.39, 0.29) is 6.42 Å². The molecule has 2 unspecified atom stereocenters. The van der Waals surface area contributed by atoms with E-state index in [9.17, 15) is 8.78 Å². The maximum Gasteiger partial charge on any atom is 0.242 e. The lowest BCUT2D eigenvalue weighted by atomic mass is 9.91. The zero-order valence-electron chi connectivity index (χ0n) is 22.4. The Morgan fingerprint density at radius 1 is 1.21 bits per heavy atom. The highest BCUT2D eigenvalue weighted by Crippen LogP contribution is 2.35. The molecule has 0 bridgehead atoms. The number of hydrogen-bond donors (Lipinski definition) is 1. The molecule has 0 radical (unpaired) electrons. The number of aromatic nitrogens is 2. The molecule has 4 heterocycles. The average molecular weight is 518 g/mol. The first-order valence-corrected chi connectivity index (χ1v) is 14.0. The Balaban J connectivity index is 1.37. The number of fused-ring (bicyclic) bond motifs is 2. The molecule has 0 spiro atoms. The van der Waals surface area contributed by atoms with Gasteiger partial charge in [-0.15, -0.1) is 0 Å². The second-order valence-corrected chi connectivity index (χ2v) is 11.4. The molecule has 1 saturated carbocycles. The largest absolute Gasteiger partial charge is 0.370 e. The highest BCUT2D eigenvalue weighted by atomic mass is 19.3. The summed E-state index contributed by atoms with van der Waals surface area (Å²) in [5.41, 5.74) is 6.85. The summed E-state index contributed by atoms with van der Waals surface area (Å²) in [6, 6.07) is 10.6. The van der Waals surface area contributed by atoms with E-state index < -0.39 is 6.43 Å². The maximum absolute atomic E-state index is 13.6. The summed E-state index contributed by atoms with van der Waals surface area (Å²) < 4.78 is 29.5. The van der Waals surface area contributed by atoms with Crippen molar-refractivity contribution in [1.82, 2.24) is 19.8 Å². The molecule has 1 aromatic carbocycles. The van der Waals surface area contributed by atoms with Gasteiger partial charge in [-0.1, -0.05) is 6.58 Å². The predicted molar refractivity (Wildman–Crippen MR) is 150 cm³/mol. The molecule has 38 heavy (non-hydrogen) atoms. The molecule has 6 rings (SSSR count). The van der Waals surface area contributed by atoms with Crippen LogP contribution in [-0.2, 0) is 13.0 Å². The summed E-state index contributed by atoms with van der Waals surface area (Å²) in [7, 11) is 0. The van der Waals surface area contributed by atoms with Gasteiger partial charge in [-0.3, -0.25) is 4.99 Å². The van der Waals surface area contributed by atoms with Crippen molar-refractivity contribution in [3.63, 3.8) is 0 Å². The number of benzene rings is 1. The second-order valence-electron chi connectivity index (χ2n) is 11.4. The van der Waals surface area contributed by atoms with Crippen molar-refractivity contribution in [2.45, 2.75) is 65.0 Å². The first-order chi connectivity index (χ1) is 18.4. The van der Waals surface area contributed by atoms with Gasteiger partial charge in [-0.2, -0.15) is 0 Å². The zero-order valence-corrected chi connectivity index (χ0v) is 22.4. The average Bonchev–Trinajstić information content (AvgIpc) is 3.47. The topological polar surface area (TPSA) is 45.5 Å². The lowest BCUT2D eigenvalue weighted by molar-refractivity contribution is 0.149. The number of nitrogens with one attached hydrogen (secondary N) is 1. The molecule has 2 saturated heterocycles. The first-order valence-electron chi connectivity index (χ1n) is 14.0. The molecular formula is C31H37F2N5. The van der Waals surface area contributed by atoms with Crippen LogP contribution in [0, 0.1) is 18.8 Å². The Kier molecular flexibility index (Phi) is 6.81. The number of halogens is 2. The number of rotatable bonds is 8. The van der Waals surface area contributed by atoms with Crippen molar-refractivity contribution in [3.05, 3.63) is 65.5 Å². The van der Waals surface area contributed by atoms with E-state index in [1.807, 2.05) is 38.2 Å². The van der Waals surface area contributed by atoms with Crippen LogP contribution in [0.5, 0.6) is 0 Å². The molecule has 0 amide bonds. The summed E-state index contributed by atoms with van der Waals surface area (Å²) in [4.78, 5) is 12.0. The highest BCUT2D eigenvalue weighted by molar-refractivity contribution is 6.03. The monoisotopic (exact) mass is 517 g/mol. The molecule has 3 aliphatic rings. The minimum Gasteiger partial charge on any atom is -0.370 e. The molecule has 7 heteroatoms. The van der Waals surface area contributed by atoms with E-state index in [0.29, 0.717) is 17.5 Å². The van der Waals surface area contributed by atoms with Crippen molar-refractivity contribution in [2.24, 2.45) is 16.8 Å². The van der Waals surface area contributed by atoms with Gasteiger partial charge < -0.3 is 14.8 Å². The van der Waals surface area contributed by atoms with Gasteiger partial charge in [0.1, 0.15) is 5.65 Å². The maximum atomic E-state index is 13.6. The lowest BCUT2D eigenvalue weighted by Crippen LogP contribution is -2.45. The van der Waals surface area contributed by atoms with Gasteiger partial charge in [-0.05, 0) is 105 Å². The number of likely N-dealkylation sites (tertiary alicyclic amines) is 1. The zero-order chi connectivity index (χ0) is 26.4. The van der Waals surface area contributed by atoms with E-state index >= 15 is 0 Å². The summed E-state index contributed by atoms with van der Waals surface area (Å²) >= 11 is 0. The van der Waals surface area contributed by atoms with E-state index in [1.165, 1.54) is 19.3 Å². The van der Waals surface area contributed by atoms with Crippen LogP contribution in [0.3, 0.4) is 0 Å². The van der Waals surface area contributed by atoms with Gasteiger partial charge in [0.2, 0.25) is 6.43 Å². The van der Waals surface area contributed by atoms with Gasteiger partial charge in [0.15, 0.2) is 0 Å². The fourth-order valence-corrected chi connectivity index (χ4v) is 6.25. The van der Waals surface area contributed by atoms with Crippen molar-refractivity contribution < 1.29 is 8.78 Å². The Hall–Kier alpha value is -3.06. The van der Waals surface area contributed by atoms with E-state index in [4.69, 9.17) is 4.99 Å². The number of nitrogens with zero attached hydrogens (tertiary/aromatic N) is 4. The fraction of sp³-hybridized carbons (Fsp3) is 0.484. The quantitative estimate of drug-likeness (QED) is 0.354. The Bertz CT molecular complexity index is 1390. The van der Waals surface area contributed by atoms with Crippen LogP contribution in [-0.4, -0.2) is 52.3 Å². The van der Waals surface area contributed by atoms with E-state index in [1.54, 1.807) is 0 Å².